The number of benzene rings is 4. The maximum Gasteiger partial charge on any atom is 0.416 e. The number of halogens is 11. The third-order valence-electron chi connectivity index (χ3n) is 9.59. The minimum absolute atomic E-state index is 0.0356. The molecule has 0 unspecified atom stereocenters. The Kier molecular flexibility index (Phi) is 20.4. The van der Waals surface area contributed by atoms with Gasteiger partial charge in [-0.05, 0) is 95.5 Å². The average molecular weight is 1220 g/mol. The number of carbonyl (C=O) groups is 3. The number of nitrogens with zero attached hydrogens (tertiary/aromatic N) is 4. The molecule has 6 rings (SSSR count). The van der Waals surface area contributed by atoms with Crippen molar-refractivity contribution < 1.29 is 67.2 Å². The summed E-state index contributed by atoms with van der Waals surface area (Å²) in [5.41, 5.74) is -3.33. The number of carbonyl (C=O) groups excluding carboxylic acids is 3. The fourth-order valence-electron chi connectivity index (χ4n) is 6.03. The SMILES string of the molecule is CNC(=O)Nc1cccc(C(=O)c2ncc(Cl)cc2NS(=O)(=O)c2ccc(C)c(C(F)(F)F)c2)c1Cl.COCN(c1cc(Cl)cnc1Br)S(=O)(=O)c1ccc(C)c(C(F)(F)F)c1.O=Cc1cccc([N+](=O)[O-])c1Cl. The number of aromatic nitrogens is 2. The molecule has 2 amide bonds. The first-order chi connectivity index (χ1) is 34.4. The Balaban J connectivity index is 0.000000270. The molecule has 394 valence electrons. The molecule has 2 heterocycles. The number of nitro groups is 1. The molecule has 0 atom stereocenters. The van der Waals surface area contributed by atoms with Gasteiger partial charge in [0, 0.05) is 43.7 Å². The second-order valence-corrected chi connectivity index (χ2v) is 20.5. The zero-order valence-electron chi connectivity index (χ0n) is 37.9. The molecule has 17 nitrogen and oxygen atoms in total. The fourth-order valence-corrected chi connectivity index (χ4v) is 9.87. The van der Waals surface area contributed by atoms with Crippen LogP contribution in [0.5, 0.6) is 0 Å². The van der Waals surface area contributed by atoms with Crippen molar-refractivity contribution in [2.24, 2.45) is 0 Å². The smallest absolute Gasteiger partial charge is 0.363 e. The van der Waals surface area contributed by atoms with Gasteiger partial charge in [0.15, 0.2) is 6.29 Å². The summed E-state index contributed by atoms with van der Waals surface area (Å²) in [6.45, 7) is 2.00. The van der Waals surface area contributed by atoms with Gasteiger partial charge in [-0.1, -0.05) is 70.7 Å². The summed E-state index contributed by atoms with van der Waals surface area (Å²) in [6, 6.07) is 15.4. The van der Waals surface area contributed by atoms with Gasteiger partial charge < -0.3 is 15.4 Å². The zero-order valence-corrected chi connectivity index (χ0v) is 44.1. The van der Waals surface area contributed by atoms with E-state index >= 15 is 0 Å². The summed E-state index contributed by atoms with van der Waals surface area (Å²) in [4.78, 5) is 51.4. The Morgan fingerprint density at radius 2 is 1.35 bits per heavy atom. The van der Waals surface area contributed by atoms with Crippen LogP contribution < -0.4 is 19.7 Å². The number of methoxy groups -OCH3 is 1. The van der Waals surface area contributed by atoms with Crippen molar-refractivity contribution in [3.05, 3.63) is 171 Å². The van der Waals surface area contributed by atoms with E-state index in [0.717, 1.165) is 40.8 Å². The van der Waals surface area contributed by atoms with Gasteiger partial charge >= 0.3 is 18.4 Å². The van der Waals surface area contributed by atoms with E-state index in [1.807, 2.05) is 0 Å². The second-order valence-electron chi connectivity index (χ2n) is 14.6. The molecule has 0 bridgehead atoms. The Hall–Kier alpha value is -6.13. The van der Waals surface area contributed by atoms with E-state index in [0.29, 0.717) is 18.4 Å². The fraction of sp³-hybridized carbons (Fsp3) is 0.159. The molecule has 0 spiro atoms. The Morgan fingerprint density at radius 1 is 0.797 bits per heavy atom. The highest BCUT2D eigenvalue weighted by Gasteiger charge is 2.36. The van der Waals surface area contributed by atoms with Crippen LogP contribution in [0.4, 0.5) is 53.9 Å². The second kappa shape index (κ2) is 24.9. The van der Waals surface area contributed by atoms with Crippen molar-refractivity contribution in [2.45, 2.75) is 36.0 Å². The number of sulfonamides is 2. The number of anilines is 3. The number of hydrogen-bond acceptors (Lipinski definition) is 12. The van der Waals surface area contributed by atoms with E-state index in [1.165, 1.54) is 76.7 Å². The third-order valence-corrected chi connectivity index (χ3v) is 14.5. The number of nitrogens with one attached hydrogen (secondary N) is 3. The quantitative estimate of drug-likeness (QED) is 0.0186. The molecular formula is C44H34BrCl4F6N7O10S2. The Morgan fingerprint density at radius 3 is 1.91 bits per heavy atom. The van der Waals surface area contributed by atoms with Crippen LogP contribution in [0.25, 0.3) is 0 Å². The number of ether oxygens (including phenoxy) is 1. The van der Waals surface area contributed by atoms with Crippen LogP contribution in [-0.2, 0) is 37.1 Å². The lowest BCUT2D eigenvalue weighted by Crippen LogP contribution is -2.33. The summed E-state index contributed by atoms with van der Waals surface area (Å²) in [5, 5.41) is 14.9. The highest BCUT2D eigenvalue weighted by atomic mass is 79.9. The first kappa shape index (κ1) is 60.4. The van der Waals surface area contributed by atoms with E-state index in [2.05, 4.69) is 41.3 Å². The minimum Gasteiger partial charge on any atom is -0.363 e. The van der Waals surface area contributed by atoms with Gasteiger partial charge in [0.2, 0.25) is 5.78 Å². The molecule has 6 aromatic rings. The van der Waals surface area contributed by atoms with Gasteiger partial charge in [0.05, 0.1) is 58.0 Å². The standard InChI is InChI=1S/C22H17Cl2F3N4O4S.C15H13BrClF3N2O3S.C7H4ClNO3/c1-11-6-7-13(9-15(11)22(25,26)27)36(34,35)31-17-8-12(23)10-29-19(17)20(32)14-4-3-5-16(18(14)24)30-21(33)28-2;1-9-3-4-11(6-12(9)15(18,19)20)26(23,24)22(8-25-2)13-5-10(17)7-21-14(13)16;8-7-5(4-10)2-1-3-6(7)9(11)12/h3-10,31H,1-2H3,(H2,28,30,33);3-7H,8H2,1-2H3;1-4H. The lowest BCUT2D eigenvalue weighted by atomic mass is 10.1. The van der Waals surface area contributed by atoms with Crippen LogP contribution >= 0.6 is 62.3 Å². The van der Waals surface area contributed by atoms with E-state index in [-0.39, 0.29) is 69.7 Å². The molecule has 0 aliphatic heterocycles. The largest absolute Gasteiger partial charge is 0.416 e. The van der Waals surface area contributed by atoms with Crippen LogP contribution in [0.1, 0.15) is 48.7 Å². The molecule has 0 saturated carbocycles. The summed E-state index contributed by atoms with van der Waals surface area (Å²) in [6.07, 6.45) is -6.60. The lowest BCUT2D eigenvalue weighted by molar-refractivity contribution is -0.384. The summed E-state index contributed by atoms with van der Waals surface area (Å²) in [7, 11) is -6.35. The van der Waals surface area contributed by atoms with Crippen LogP contribution in [-0.4, -0.2) is 70.7 Å². The van der Waals surface area contributed by atoms with Crippen molar-refractivity contribution in [2.75, 3.05) is 35.2 Å². The number of hydrogen-bond donors (Lipinski definition) is 3. The molecule has 0 radical (unpaired) electrons. The van der Waals surface area contributed by atoms with Crippen LogP contribution in [0, 0.1) is 24.0 Å². The number of alkyl halides is 6. The van der Waals surface area contributed by atoms with E-state index in [4.69, 9.17) is 51.1 Å². The molecule has 2 aromatic heterocycles. The van der Waals surface area contributed by atoms with Gasteiger partial charge in [0.25, 0.3) is 25.7 Å². The summed E-state index contributed by atoms with van der Waals surface area (Å²) < 4.78 is 139. The molecule has 0 aliphatic rings. The molecule has 0 aliphatic carbocycles. The predicted molar refractivity (Wildman–Crippen MR) is 267 cm³/mol. The number of aldehydes is 1. The van der Waals surface area contributed by atoms with Gasteiger partial charge in [-0.3, -0.25) is 24.4 Å². The van der Waals surface area contributed by atoms with Crippen molar-refractivity contribution in [3.63, 3.8) is 0 Å². The predicted octanol–water partition coefficient (Wildman–Crippen LogP) is 12.2. The molecule has 30 heteroatoms. The highest BCUT2D eigenvalue weighted by Crippen LogP contribution is 2.38. The molecule has 0 saturated heterocycles. The van der Waals surface area contributed by atoms with Gasteiger partial charge in [-0.15, -0.1) is 0 Å². The minimum atomic E-state index is -4.78. The number of rotatable bonds is 13. The average Bonchev–Trinajstić information content (AvgIpc) is 3.31. The first-order valence-electron chi connectivity index (χ1n) is 20.0. The Labute approximate surface area is 445 Å². The van der Waals surface area contributed by atoms with Crippen LogP contribution in [0.2, 0.25) is 20.1 Å². The van der Waals surface area contributed by atoms with E-state index < -0.39 is 82.5 Å². The van der Waals surface area contributed by atoms with E-state index in [1.54, 1.807) is 0 Å². The van der Waals surface area contributed by atoms with Crippen molar-refractivity contribution >= 4 is 123 Å². The number of amides is 2. The van der Waals surface area contributed by atoms with Gasteiger partial charge in [-0.25, -0.2) is 35.9 Å². The van der Waals surface area contributed by atoms with Gasteiger partial charge in [-0.2, -0.15) is 26.3 Å². The molecule has 3 N–H and O–H groups in total. The number of nitro benzene ring substituents is 1. The van der Waals surface area contributed by atoms with E-state index in [9.17, 15) is 67.7 Å². The number of pyridine rings is 2. The zero-order chi connectivity index (χ0) is 55.7. The van der Waals surface area contributed by atoms with Crippen LogP contribution in [0.15, 0.2) is 112 Å². The normalized spacial score (nSPS) is 11.5. The lowest BCUT2D eigenvalue weighted by Gasteiger charge is -2.25. The third kappa shape index (κ3) is 15.0. The maximum absolute atomic E-state index is 13.3. The summed E-state index contributed by atoms with van der Waals surface area (Å²) in [5.74, 6) is -0.838. The van der Waals surface area contributed by atoms with Gasteiger partial charge in [0.1, 0.15) is 22.1 Å². The number of aryl methyl sites for hydroxylation is 2. The maximum atomic E-state index is 13.3. The topological polar surface area (TPSA) is 237 Å². The van der Waals surface area contributed by atoms with Crippen molar-refractivity contribution in [3.8, 4) is 0 Å². The molecule has 4 aromatic carbocycles. The van der Waals surface area contributed by atoms with Crippen LogP contribution in [0.3, 0.4) is 0 Å². The highest BCUT2D eigenvalue weighted by molar-refractivity contribution is 9.10. The first-order valence-corrected chi connectivity index (χ1v) is 25.2. The Bertz CT molecular complexity index is 3360. The van der Waals surface area contributed by atoms with Crippen molar-refractivity contribution in [1.29, 1.82) is 0 Å². The number of urea groups is 1. The number of ketones is 1. The molecule has 74 heavy (non-hydrogen) atoms. The monoisotopic (exact) mass is 1220 g/mol. The van der Waals surface area contributed by atoms with Crippen molar-refractivity contribution in [1.82, 2.24) is 15.3 Å². The molecule has 0 fully saturated rings. The summed E-state index contributed by atoms with van der Waals surface area (Å²) >= 11 is 26.7. The molecular weight excluding hydrogens is 1190 g/mol.